The fraction of sp³-hybridized carbons (Fsp3) is 1.00. The minimum atomic E-state index is -2.70. The van der Waals surface area contributed by atoms with Crippen LogP contribution in [0, 0.1) is 0 Å². The van der Waals surface area contributed by atoms with Gasteiger partial charge in [-0.3, -0.25) is 0 Å². The molecule has 0 amide bonds. The average molecular weight is 276 g/mol. The molecule has 6 aliphatic heterocycles. The zero-order chi connectivity index (χ0) is 10.7. The van der Waals surface area contributed by atoms with Crippen molar-refractivity contribution < 1.29 is 97.1 Å². The SMILES string of the molecule is O[B-]12OC3C4O[B-]5(O)OC3C(O1)C(O5)C4O2.[Na+].[Na+]. The molecule has 18 heavy (non-hydrogen) atoms. The summed E-state index contributed by atoms with van der Waals surface area (Å²) in [5.41, 5.74) is 0. The first kappa shape index (κ1) is 14.7. The van der Waals surface area contributed by atoms with Gasteiger partial charge in [0.15, 0.2) is 0 Å². The van der Waals surface area contributed by atoms with E-state index in [1.54, 1.807) is 0 Å². The van der Waals surface area contributed by atoms with Gasteiger partial charge in [-0.15, -0.1) is 0 Å². The van der Waals surface area contributed by atoms with Crippen molar-refractivity contribution in [3.63, 3.8) is 0 Å². The van der Waals surface area contributed by atoms with Crippen LogP contribution in [0.4, 0.5) is 0 Å². The predicted octanol–water partition coefficient (Wildman–Crippen LogP) is -8.77. The molecule has 7 aliphatic rings. The van der Waals surface area contributed by atoms with Gasteiger partial charge < -0.3 is 38.0 Å². The van der Waals surface area contributed by atoms with Gasteiger partial charge in [0.25, 0.3) is 0 Å². The van der Waals surface area contributed by atoms with Crippen LogP contribution in [0.2, 0.25) is 0 Å². The third-order valence-electron chi connectivity index (χ3n) is 3.92. The first-order valence-corrected chi connectivity index (χ1v) is 5.34. The van der Waals surface area contributed by atoms with Crippen molar-refractivity contribution in [2.75, 3.05) is 0 Å². The monoisotopic (exact) mass is 276 g/mol. The molecule has 0 aromatic carbocycles. The van der Waals surface area contributed by atoms with Crippen molar-refractivity contribution in [2.45, 2.75) is 36.6 Å². The van der Waals surface area contributed by atoms with Gasteiger partial charge in [-0.25, -0.2) is 0 Å². The second-order valence-electron chi connectivity index (χ2n) is 4.81. The van der Waals surface area contributed by atoms with Gasteiger partial charge in [0.05, 0.1) is 36.6 Å². The first-order chi connectivity index (χ1) is 7.57. The third-order valence-corrected chi connectivity index (χ3v) is 3.92. The summed E-state index contributed by atoms with van der Waals surface area (Å²) in [5, 5.41) is 19.7. The van der Waals surface area contributed by atoms with Crippen molar-refractivity contribution in [1.82, 2.24) is 0 Å². The van der Waals surface area contributed by atoms with E-state index in [9.17, 15) is 10.0 Å². The summed E-state index contributed by atoms with van der Waals surface area (Å²) in [6, 6.07) is 0. The van der Waals surface area contributed by atoms with Gasteiger partial charge in [0.2, 0.25) is 0 Å². The van der Waals surface area contributed by atoms with Crippen LogP contribution in [0.25, 0.3) is 0 Å². The number of hydrogen-bond acceptors (Lipinski definition) is 8. The van der Waals surface area contributed by atoms with E-state index in [1.165, 1.54) is 0 Å². The van der Waals surface area contributed by atoms with Gasteiger partial charge >= 0.3 is 73.0 Å². The van der Waals surface area contributed by atoms with Crippen LogP contribution in [-0.2, 0) is 27.9 Å². The van der Waals surface area contributed by atoms with E-state index in [-0.39, 0.29) is 59.1 Å². The molecule has 0 aromatic rings. The van der Waals surface area contributed by atoms with E-state index in [0.717, 1.165) is 0 Å². The Hall–Kier alpha value is 1.81. The molecule has 6 saturated heterocycles. The molecule has 0 radical (unpaired) electrons. The summed E-state index contributed by atoms with van der Waals surface area (Å²) in [5.74, 6) is 0. The molecule has 88 valence electrons. The molecule has 6 heterocycles. The Labute approximate surface area is 146 Å². The fourth-order valence-electron chi connectivity index (χ4n) is 3.43. The van der Waals surface area contributed by atoms with Crippen molar-refractivity contribution in [3.8, 4) is 0 Å². The van der Waals surface area contributed by atoms with Crippen LogP contribution >= 0.6 is 0 Å². The molecule has 8 nitrogen and oxygen atoms in total. The average Bonchev–Trinajstić information content (AvgIpc) is 2.22. The Morgan fingerprint density at radius 1 is 0.500 bits per heavy atom. The quantitative estimate of drug-likeness (QED) is 0.421. The van der Waals surface area contributed by atoms with Gasteiger partial charge in [0.1, 0.15) is 0 Å². The summed E-state index contributed by atoms with van der Waals surface area (Å²) in [4.78, 5) is 0. The molecule has 7 rings (SSSR count). The summed E-state index contributed by atoms with van der Waals surface area (Å²) in [6.07, 6.45) is -2.81. The Morgan fingerprint density at radius 3 is 0.833 bits per heavy atom. The Morgan fingerprint density at radius 2 is 0.667 bits per heavy atom. The maximum Gasteiger partial charge on any atom is 1.00 e. The minimum Gasteiger partial charge on any atom is -0.533 e. The number of hydrogen-bond donors (Lipinski definition) is 2. The van der Waals surface area contributed by atoms with Crippen molar-refractivity contribution in [3.05, 3.63) is 0 Å². The van der Waals surface area contributed by atoms with Gasteiger partial charge in [-0.1, -0.05) is 0 Å². The molecule has 0 aromatic heterocycles. The summed E-state index contributed by atoms with van der Waals surface area (Å²) in [7, 11) is 0. The summed E-state index contributed by atoms with van der Waals surface area (Å²) >= 11 is 0. The smallest absolute Gasteiger partial charge is 0.533 e. The van der Waals surface area contributed by atoms with Crippen LogP contribution in [0.5, 0.6) is 0 Å². The van der Waals surface area contributed by atoms with Crippen molar-refractivity contribution in [1.29, 1.82) is 0 Å². The molecular weight excluding hydrogens is 268 g/mol. The molecule has 0 atom stereocenters. The fourth-order valence-corrected chi connectivity index (χ4v) is 3.43. The van der Waals surface area contributed by atoms with E-state index in [0.29, 0.717) is 0 Å². The van der Waals surface area contributed by atoms with Crippen LogP contribution in [0.1, 0.15) is 0 Å². The van der Waals surface area contributed by atoms with Crippen molar-refractivity contribution >= 4 is 13.9 Å². The van der Waals surface area contributed by atoms with E-state index in [2.05, 4.69) is 0 Å². The summed E-state index contributed by atoms with van der Waals surface area (Å²) in [6.45, 7) is -5.40. The van der Waals surface area contributed by atoms with Crippen molar-refractivity contribution in [2.24, 2.45) is 0 Å². The maximum atomic E-state index is 9.83. The van der Waals surface area contributed by atoms with E-state index >= 15 is 0 Å². The van der Waals surface area contributed by atoms with E-state index < -0.39 is 50.5 Å². The largest absolute Gasteiger partial charge is 1.00 e. The van der Waals surface area contributed by atoms with Gasteiger partial charge in [-0.05, 0) is 0 Å². The third kappa shape index (κ3) is 1.62. The molecule has 1 aliphatic carbocycles. The van der Waals surface area contributed by atoms with Crippen LogP contribution < -0.4 is 59.1 Å². The minimum absolute atomic E-state index is 0. The topological polar surface area (TPSA) is 95.8 Å². The summed E-state index contributed by atoms with van der Waals surface area (Å²) < 4.78 is 31.6. The van der Waals surface area contributed by atoms with Crippen LogP contribution in [-0.4, -0.2) is 60.6 Å². The first-order valence-electron chi connectivity index (χ1n) is 5.34. The Balaban J connectivity index is 0.000000500. The molecule has 0 spiro atoms. The molecule has 8 bridgehead atoms. The Kier molecular flexibility index (Phi) is 3.42. The van der Waals surface area contributed by atoms with E-state index in [1.807, 2.05) is 0 Å². The molecule has 1 saturated carbocycles. The maximum absolute atomic E-state index is 9.83. The molecule has 7 fully saturated rings. The molecule has 12 heteroatoms. The zero-order valence-electron chi connectivity index (χ0n) is 9.96. The second-order valence-corrected chi connectivity index (χ2v) is 4.81. The normalized spacial score (nSPS) is 65.7. The van der Waals surface area contributed by atoms with Gasteiger partial charge in [0, 0.05) is 0 Å². The standard InChI is InChI=1S/C6H8B2O8.2Na/c9-7-11-1-2-4(14-7)6-5(15-7)3(1)13-8(10,12-2)16-6;;/h1-6,9-10H;;/q-2;2*+1. The van der Waals surface area contributed by atoms with E-state index in [4.69, 9.17) is 27.9 Å². The number of rotatable bonds is 0. The Bertz CT molecular complexity index is 299. The molecule has 2 N–H and O–H groups in total. The van der Waals surface area contributed by atoms with Crippen LogP contribution in [0.15, 0.2) is 0 Å². The van der Waals surface area contributed by atoms with Gasteiger partial charge in [-0.2, -0.15) is 0 Å². The second kappa shape index (κ2) is 4.17. The van der Waals surface area contributed by atoms with Crippen LogP contribution in [0.3, 0.4) is 0 Å². The molecular formula is C6H8B2Na2O8. The zero-order valence-corrected chi connectivity index (χ0v) is 14.0. The molecule has 0 unspecified atom stereocenters. The predicted molar refractivity (Wildman–Crippen MR) is 45.2 cm³/mol.